The first-order valence-electron chi connectivity index (χ1n) is 8.04. The number of aryl methyl sites for hydroxylation is 1. The number of likely N-dealkylation sites (tertiary alicyclic amines) is 1. The number of aliphatic hydroxyl groups excluding tert-OH is 1. The summed E-state index contributed by atoms with van der Waals surface area (Å²) in [6, 6.07) is 9.39. The van der Waals surface area contributed by atoms with E-state index in [-0.39, 0.29) is 6.10 Å². The van der Waals surface area contributed by atoms with Crippen LogP contribution < -0.4 is 5.32 Å². The summed E-state index contributed by atoms with van der Waals surface area (Å²) in [4.78, 5) is 2.48. The van der Waals surface area contributed by atoms with Crippen LogP contribution in [0.4, 0.5) is 0 Å². The van der Waals surface area contributed by atoms with E-state index in [1.165, 1.54) is 30.4 Å². The molecule has 0 bridgehead atoms. The van der Waals surface area contributed by atoms with Gasteiger partial charge in [-0.05, 0) is 56.3 Å². The topological polar surface area (TPSA) is 35.5 Å². The Morgan fingerprint density at radius 2 is 1.95 bits per heavy atom. The Labute approximate surface area is 122 Å². The number of piperidine rings is 1. The first kappa shape index (κ1) is 14.1. The van der Waals surface area contributed by atoms with E-state index in [1.54, 1.807) is 0 Å². The molecule has 3 rings (SSSR count). The molecule has 20 heavy (non-hydrogen) atoms. The Kier molecular flexibility index (Phi) is 4.71. The third kappa shape index (κ3) is 3.40. The number of nitrogens with zero attached hydrogens (tertiary/aromatic N) is 1. The molecule has 2 aliphatic rings. The fraction of sp³-hybridized carbons (Fsp3) is 0.647. The van der Waals surface area contributed by atoms with Crippen molar-refractivity contribution in [2.45, 2.75) is 44.2 Å². The molecule has 3 nitrogen and oxygen atoms in total. The van der Waals surface area contributed by atoms with Crippen LogP contribution in [0.5, 0.6) is 0 Å². The molecule has 1 aromatic rings. The lowest BCUT2D eigenvalue weighted by Gasteiger charge is -2.29. The Hall–Kier alpha value is -0.900. The minimum absolute atomic E-state index is 0.0561. The van der Waals surface area contributed by atoms with Crippen LogP contribution in [-0.4, -0.2) is 42.3 Å². The van der Waals surface area contributed by atoms with E-state index in [9.17, 15) is 5.11 Å². The summed E-state index contributed by atoms with van der Waals surface area (Å²) < 4.78 is 0. The highest BCUT2D eigenvalue weighted by Crippen LogP contribution is 2.30. The van der Waals surface area contributed by atoms with E-state index in [2.05, 4.69) is 34.5 Å². The second kappa shape index (κ2) is 6.70. The molecule has 0 aromatic heterocycles. The minimum Gasteiger partial charge on any atom is -0.393 e. The van der Waals surface area contributed by atoms with Gasteiger partial charge in [0, 0.05) is 19.1 Å². The molecule has 0 saturated carbocycles. The fourth-order valence-corrected chi connectivity index (χ4v) is 3.49. The van der Waals surface area contributed by atoms with Gasteiger partial charge in [0.05, 0.1) is 6.10 Å². The Morgan fingerprint density at radius 3 is 2.80 bits per heavy atom. The van der Waals surface area contributed by atoms with Gasteiger partial charge in [0.15, 0.2) is 0 Å². The van der Waals surface area contributed by atoms with Crippen molar-refractivity contribution in [3.63, 3.8) is 0 Å². The number of hydrogen-bond donors (Lipinski definition) is 2. The highest BCUT2D eigenvalue weighted by atomic mass is 16.3. The zero-order valence-electron chi connectivity index (χ0n) is 12.2. The van der Waals surface area contributed by atoms with Gasteiger partial charge in [-0.2, -0.15) is 0 Å². The van der Waals surface area contributed by atoms with Gasteiger partial charge in [-0.3, -0.25) is 0 Å². The maximum Gasteiger partial charge on any atom is 0.0564 e. The summed E-state index contributed by atoms with van der Waals surface area (Å²) in [5.74, 6) is 0. The van der Waals surface area contributed by atoms with E-state index in [0.29, 0.717) is 6.04 Å². The highest BCUT2D eigenvalue weighted by Gasteiger charge is 2.21. The largest absolute Gasteiger partial charge is 0.393 e. The average Bonchev–Trinajstić information content (AvgIpc) is 2.89. The number of fused-ring (bicyclic) bond motifs is 1. The van der Waals surface area contributed by atoms with E-state index in [1.807, 2.05) is 0 Å². The van der Waals surface area contributed by atoms with E-state index in [0.717, 1.165) is 39.0 Å². The maximum absolute atomic E-state index is 9.50. The number of aliphatic hydroxyl groups is 1. The summed E-state index contributed by atoms with van der Waals surface area (Å²) >= 11 is 0. The lowest BCUT2D eigenvalue weighted by Crippen LogP contribution is -2.37. The molecule has 1 aliphatic heterocycles. The van der Waals surface area contributed by atoms with Crippen LogP contribution in [-0.2, 0) is 6.42 Å². The normalized spacial score (nSPS) is 23.9. The monoisotopic (exact) mass is 274 g/mol. The van der Waals surface area contributed by atoms with Crippen molar-refractivity contribution in [3.8, 4) is 0 Å². The molecule has 1 aromatic carbocycles. The molecule has 1 atom stereocenters. The standard InChI is InChI=1S/C17H26N2O/c20-15-8-12-19(13-9-15)11-3-10-18-17-7-6-14-4-1-2-5-16(14)17/h1-2,4-5,15,17-18,20H,3,6-13H2. The molecule has 0 radical (unpaired) electrons. The molecule has 1 heterocycles. The van der Waals surface area contributed by atoms with Gasteiger partial charge in [-0.15, -0.1) is 0 Å². The lowest BCUT2D eigenvalue weighted by molar-refractivity contribution is 0.0820. The molecule has 110 valence electrons. The van der Waals surface area contributed by atoms with Gasteiger partial charge >= 0.3 is 0 Å². The van der Waals surface area contributed by atoms with E-state index < -0.39 is 0 Å². The Morgan fingerprint density at radius 1 is 1.15 bits per heavy atom. The SMILES string of the molecule is OC1CCN(CCCNC2CCc3ccccc32)CC1. The number of hydrogen-bond acceptors (Lipinski definition) is 3. The van der Waals surface area contributed by atoms with Crippen molar-refractivity contribution in [2.24, 2.45) is 0 Å². The molecule has 2 N–H and O–H groups in total. The summed E-state index contributed by atoms with van der Waals surface area (Å²) in [5, 5.41) is 13.2. The molecular weight excluding hydrogens is 248 g/mol. The van der Waals surface area contributed by atoms with Crippen molar-refractivity contribution < 1.29 is 5.11 Å². The van der Waals surface area contributed by atoms with Gasteiger partial charge in [-0.25, -0.2) is 0 Å². The van der Waals surface area contributed by atoms with E-state index >= 15 is 0 Å². The summed E-state index contributed by atoms with van der Waals surface area (Å²) in [5.41, 5.74) is 3.03. The molecule has 3 heteroatoms. The van der Waals surface area contributed by atoms with Gasteiger partial charge in [0.2, 0.25) is 0 Å². The molecule has 0 amide bonds. The van der Waals surface area contributed by atoms with Crippen LogP contribution in [0.3, 0.4) is 0 Å². The zero-order chi connectivity index (χ0) is 13.8. The molecule has 1 unspecified atom stereocenters. The fourth-order valence-electron chi connectivity index (χ4n) is 3.49. The highest BCUT2D eigenvalue weighted by molar-refractivity contribution is 5.34. The van der Waals surface area contributed by atoms with Gasteiger partial charge in [-0.1, -0.05) is 24.3 Å². The van der Waals surface area contributed by atoms with Crippen LogP contribution >= 0.6 is 0 Å². The van der Waals surface area contributed by atoms with Gasteiger partial charge in [0.1, 0.15) is 0 Å². The first-order chi connectivity index (χ1) is 9.83. The third-order valence-corrected chi connectivity index (χ3v) is 4.73. The second-order valence-corrected chi connectivity index (χ2v) is 6.17. The maximum atomic E-state index is 9.50. The van der Waals surface area contributed by atoms with Gasteiger partial charge < -0.3 is 15.3 Å². The zero-order valence-corrected chi connectivity index (χ0v) is 12.2. The van der Waals surface area contributed by atoms with Crippen molar-refractivity contribution in [3.05, 3.63) is 35.4 Å². The molecule has 0 spiro atoms. The molecular formula is C17H26N2O. The van der Waals surface area contributed by atoms with Crippen LogP contribution in [0.15, 0.2) is 24.3 Å². The average molecular weight is 274 g/mol. The number of rotatable bonds is 5. The van der Waals surface area contributed by atoms with E-state index in [4.69, 9.17) is 0 Å². The Balaban J connectivity index is 1.37. The minimum atomic E-state index is -0.0561. The number of benzene rings is 1. The second-order valence-electron chi connectivity index (χ2n) is 6.17. The molecule has 1 saturated heterocycles. The van der Waals surface area contributed by atoms with Gasteiger partial charge in [0.25, 0.3) is 0 Å². The van der Waals surface area contributed by atoms with Crippen molar-refractivity contribution in [1.82, 2.24) is 10.2 Å². The molecule has 1 fully saturated rings. The summed E-state index contributed by atoms with van der Waals surface area (Å²) in [6.07, 6.45) is 5.51. The lowest BCUT2D eigenvalue weighted by atomic mass is 10.1. The number of nitrogens with one attached hydrogen (secondary N) is 1. The first-order valence-corrected chi connectivity index (χ1v) is 8.04. The predicted molar refractivity (Wildman–Crippen MR) is 81.8 cm³/mol. The van der Waals surface area contributed by atoms with Crippen LogP contribution in [0.2, 0.25) is 0 Å². The Bertz CT molecular complexity index is 427. The van der Waals surface area contributed by atoms with Crippen LogP contribution in [0.25, 0.3) is 0 Å². The van der Waals surface area contributed by atoms with Crippen molar-refractivity contribution >= 4 is 0 Å². The summed E-state index contributed by atoms with van der Waals surface area (Å²) in [6.45, 7) is 4.38. The van der Waals surface area contributed by atoms with Crippen molar-refractivity contribution in [2.75, 3.05) is 26.2 Å². The smallest absolute Gasteiger partial charge is 0.0564 e. The summed E-state index contributed by atoms with van der Waals surface area (Å²) in [7, 11) is 0. The van der Waals surface area contributed by atoms with Crippen LogP contribution in [0.1, 0.15) is 42.9 Å². The van der Waals surface area contributed by atoms with Crippen LogP contribution in [0, 0.1) is 0 Å². The molecule has 1 aliphatic carbocycles. The quantitative estimate of drug-likeness (QED) is 0.807. The van der Waals surface area contributed by atoms with Crippen molar-refractivity contribution in [1.29, 1.82) is 0 Å². The predicted octanol–water partition coefficient (Wildman–Crippen LogP) is 2.11. The third-order valence-electron chi connectivity index (χ3n) is 4.73.